The van der Waals surface area contributed by atoms with Crippen LogP contribution < -0.4 is 0 Å². The Morgan fingerprint density at radius 3 is 2.89 bits per heavy atom. The molecule has 2 nitrogen and oxygen atoms in total. The fraction of sp³-hybridized carbons (Fsp3) is 0.562. The van der Waals surface area contributed by atoms with Gasteiger partial charge in [-0.2, -0.15) is 0 Å². The van der Waals surface area contributed by atoms with E-state index in [9.17, 15) is 4.79 Å². The largest absolute Gasteiger partial charge is 0.468 e. The molecule has 0 N–H and O–H groups in total. The predicted octanol–water partition coefficient (Wildman–Crippen LogP) is 3.55. The van der Waals surface area contributed by atoms with Crippen molar-refractivity contribution < 1.29 is 9.53 Å². The summed E-state index contributed by atoms with van der Waals surface area (Å²) in [5.41, 5.74) is 2.51. The van der Waals surface area contributed by atoms with Crippen LogP contribution >= 0.6 is 0 Å². The van der Waals surface area contributed by atoms with Crippen molar-refractivity contribution in [3.05, 3.63) is 35.5 Å². The third kappa shape index (κ3) is 1.38. The van der Waals surface area contributed by atoms with Crippen LogP contribution in [0.2, 0.25) is 0 Å². The van der Waals surface area contributed by atoms with Crippen molar-refractivity contribution in [2.24, 2.45) is 10.8 Å². The maximum absolute atomic E-state index is 12.3. The molecule has 3 rings (SSSR count). The molecule has 18 heavy (non-hydrogen) atoms. The Hall–Kier alpha value is -1.31. The second-order valence-corrected chi connectivity index (χ2v) is 6.00. The molecule has 1 saturated carbocycles. The molecule has 3 aliphatic carbocycles. The second kappa shape index (κ2) is 3.84. The van der Waals surface area contributed by atoms with E-state index < -0.39 is 5.41 Å². The van der Waals surface area contributed by atoms with Gasteiger partial charge in [0.15, 0.2) is 0 Å². The van der Waals surface area contributed by atoms with Crippen LogP contribution in [0.15, 0.2) is 35.5 Å². The van der Waals surface area contributed by atoms with Gasteiger partial charge >= 0.3 is 5.97 Å². The molecule has 0 aromatic carbocycles. The maximum Gasteiger partial charge on any atom is 0.316 e. The molecule has 0 bridgehead atoms. The van der Waals surface area contributed by atoms with Crippen LogP contribution in [0.4, 0.5) is 0 Å². The first-order chi connectivity index (χ1) is 8.62. The summed E-state index contributed by atoms with van der Waals surface area (Å²) in [6.45, 7) is 2.34. The van der Waals surface area contributed by atoms with Gasteiger partial charge in [0, 0.05) is 0 Å². The molecule has 0 aliphatic heterocycles. The number of carbonyl (C=O) groups is 1. The number of rotatable bonds is 1. The Balaban J connectivity index is 2.10. The van der Waals surface area contributed by atoms with Gasteiger partial charge in [-0.1, -0.05) is 31.2 Å². The van der Waals surface area contributed by atoms with Gasteiger partial charge < -0.3 is 4.74 Å². The summed E-state index contributed by atoms with van der Waals surface area (Å²) < 4.78 is 5.09. The van der Waals surface area contributed by atoms with Gasteiger partial charge in [-0.25, -0.2) is 0 Å². The highest BCUT2D eigenvalue weighted by Gasteiger charge is 2.52. The number of esters is 1. The summed E-state index contributed by atoms with van der Waals surface area (Å²) in [5.74, 6) is -0.0621. The average molecular weight is 244 g/mol. The lowest BCUT2D eigenvalue weighted by Crippen LogP contribution is -2.42. The van der Waals surface area contributed by atoms with Crippen LogP contribution in [-0.4, -0.2) is 13.1 Å². The Kier molecular flexibility index (Phi) is 2.51. The van der Waals surface area contributed by atoms with E-state index in [0.29, 0.717) is 0 Å². The van der Waals surface area contributed by atoms with Crippen LogP contribution in [0, 0.1) is 10.8 Å². The zero-order chi connectivity index (χ0) is 12.8. The van der Waals surface area contributed by atoms with Crippen LogP contribution in [0.3, 0.4) is 0 Å². The van der Waals surface area contributed by atoms with Crippen molar-refractivity contribution >= 4 is 5.97 Å². The molecule has 0 heterocycles. The van der Waals surface area contributed by atoms with Crippen LogP contribution in [0.1, 0.15) is 39.0 Å². The topological polar surface area (TPSA) is 26.3 Å². The Labute approximate surface area is 108 Å². The van der Waals surface area contributed by atoms with Gasteiger partial charge in [-0.3, -0.25) is 4.79 Å². The van der Waals surface area contributed by atoms with E-state index in [1.807, 2.05) is 0 Å². The maximum atomic E-state index is 12.3. The van der Waals surface area contributed by atoms with E-state index in [2.05, 4.69) is 31.2 Å². The molecule has 2 atom stereocenters. The molecular formula is C16H20O2. The summed E-state index contributed by atoms with van der Waals surface area (Å²) in [4.78, 5) is 12.3. The molecule has 0 unspecified atom stereocenters. The zero-order valence-electron chi connectivity index (χ0n) is 11.2. The summed E-state index contributed by atoms with van der Waals surface area (Å²) in [7, 11) is 1.50. The highest BCUT2D eigenvalue weighted by molar-refractivity contribution is 5.84. The summed E-state index contributed by atoms with van der Waals surface area (Å²) in [5, 5.41) is 0. The average Bonchev–Trinajstić information content (AvgIpc) is 2.79. The molecule has 0 saturated heterocycles. The number of ether oxygens (including phenoxy) is 1. The normalized spacial score (nSPS) is 37.4. The van der Waals surface area contributed by atoms with E-state index in [1.165, 1.54) is 24.7 Å². The van der Waals surface area contributed by atoms with Crippen molar-refractivity contribution in [3.63, 3.8) is 0 Å². The van der Waals surface area contributed by atoms with Crippen molar-refractivity contribution in [1.82, 2.24) is 0 Å². The third-order valence-corrected chi connectivity index (χ3v) is 5.05. The Morgan fingerprint density at radius 1 is 1.28 bits per heavy atom. The second-order valence-electron chi connectivity index (χ2n) is 6.00. The molecule has 0 spiro atoms. The molecule has 0 aromatic heterocycles. The van der Waals surface area contributed by atoms with Gasteiger partial charge in [0.1, 0.15) is 0 Å². The first kappa shape index (κ1) is 11.8. The highest BCUT2D eigenvalue weighted by atomic mass is 16.5. The lowest BCUT2D eigenvalue weighted by molar-refractivity contribution is -0.151. The smallest absolute Gasteiger partial charge is 0.316 e. The van der Waals surface area contributed by atoms with E-state index in [-0.39, 0.29) is 11.4 Å². The molecule has 0 amide bonds. The van der Waals surface area contributed by atoms with E-state index >= 15 is 0 Å². The summed E-state index contributed by atoms with van der Waals surface area (Å²) in [6.07, 6.45) is 13.8. The minimum atomic E-state index is -0.404. The standard InChI is InChI=1S/C16H20O2/c1-15-8-5-7-12(15)13-6-3-4-9-16(13,11-10-15)14(17)18-2/h3-4,6-7H,5,8-11H2,1-2H3/t15-,16+/m1/s1. The van der Waals surface area contributed by atoms with Crippen molar-refractivity contribution in [3.8, 4) is 0 Å². The van der Waals surface area contributed by atoms with Gasteiger partial charge in [0.05, 0.1) is 12.5 Å². The first-order valence-electron chi connectivity index (χ1n) is 6.79. The van der Waals surface area contributed by atoms with Crippen LogP contribution in [-0.2, 0) is 9.53 Å². The molecule has 2 heteroatoms. The fourth-order valence-corrected chi connectivity index (χ4v) is 3.88. The molecule has 3 aliphatic rings. The zero-order valence-corrected chi connectivity index (χ0v) is 11.2. The quantitative estimate of drug-likeness (QED) is 0.659. The summed E-state index contributed by atoms with van der Waals surface area (Å²) in [6, 6.07) is 0. The monoisotopic (exact) mass is 244 g/mol. The Bertz CT molecular complexity index is 483. The SMILES string of the molecule is COC(=O)[C@]12CC=CC=C1C1=CCC[C@]1(C)CC2. The number of methoxy groups -OCH3 is 1. The van der Waals surface area contributed by atoms with Gasteiger partial charge in [0.2, 0.25) is 0 Å². The highest BCUT2D eigenvalue weighted by Crippen LogP contribution is 2.59. The minimum absolute atomic E-state index is 0.0621. The lowest BCUT2D eigenvalue weighted by Gasteiger charge is -2.46. The van der Waals surface area contributed by atoms with Crippen LogP contribution in [0.5, 0.6) is 0 Å². The lowest BCUT2D eigenvalue weighted by atomic mass is 9.57. The fourth-order valence-electron chi connectivity index (χ4n) is 3.88. The first-order valence-corrected chi connectivity index (χ1v) is 6.79. The van der Waals surface area contributed by atoms with Gasteiger partial charge in [-0.05, 0) is 48.7 Å². The van der Waals surface area contributed by atoms with E-state index in [4.69, 9.17) is 4.74 Å². The van der Waals surface area contributed by atoms with E-state index in [1.54, 1.807) is 0 Å². The number of hydrogen-bond acceptors (Lipinski definition) is 2. The molecular weight excluding hydrogens is 224 g/mol. The number of allylic oxidation sites excluding steroid dienone is 5. The molecule has 0 radical (unpaired) electrons. The van der Waals surface area contributed by atoms with Crippen LogP contribution in [0.25, 0.3) is 0 Å². The molecule has 0 aromatic rings. The molecule has 96 valence electrons. The number of hydrogen-bond donors (Lipinski definition) is 0. The van der Waals surface area contributed by atoms with E-state index in [0.717, 1.165) is 25.7 Å². The number of carbonyl (C=O) groups excluding carboxylic acids is 1. The third-order valence-electron chi connectivity index (χ3n) is 5.05. The number of fused-ring (bicyclic) bond motifs is 3. The van der Waals surface area contributed by atoms with Gasteiger partial charge in [-0.15, -0.1) is 0 Å². The van der Waals surface area contributed by atoms with Gasteiger partial charge in [0.25, 0.3) is 0 Å². The van der Waals surface area contributed by atoms with Crippen molar-refractivity contribution in [1.29, 1.82) is 0 Å². The van der Waals surface area contributed by atoms with Crippen molar-refractivity contribution in [2.45, 2.75) is 39.0 Å². The summed E-state index contributed by atoms with van der Waals surface area (Å²) >= 11 is 0. The predicted molar refractivity (Wildman–Crippen MR) is 70.9 cm³/mol. The molecule has 1 fully saturated rings. The van der Waals surface area contributed by atoms with Crippen molar-refractivity contribution in [2.75, 3.05) is 7.11 Å². The Morgan fingerprint density at radius 2 is 2.11 bits per heavy atom. The minimum Gasteiger partial charge on any atom is -0.468 e.